The molecule has 21 heavy (non-hydrogen) atoms. The Labute approximate surface area is 126 Å². The van der Waals surface area contributed by atoms with Gasteiger partial charge in [0.2, 0.25) is 11.8 Å². The minimum absolute atomic E-state index is 0.0479. The van der Waals surface area contributed by atoms with Crippen molar-refractivity contribution in [3.63, 3.8) is 0 Å². The number of carbonyl (C=O) groups is 2. The lowest BCUT2D eigenvalue weighted by atomic mass is 10.1. The lowest BCUT2D eigenvalue weighted by molar-refractivity contribution is -0.126. The fraction of sp³-hybridized carbons (Fsp3) is 0.500. The zero-order valence-electron chi connectivity index (χ0n) is 12.9. The first-order valence-corrected chi connectivity index (χ1v) is 7.35. The predicted octanol–water partition coefficient (Wildman–Crippen LogP) is 0.770. The molecule has 0 atom stereocenters. The largest absolute Gasteiger partial charge is 0.355 e. The van der Waals surface area contributed by atoms with E-state index in [1.165, 1.54) is 5.56 Å². The van der Waals surface area contributed by atoms with Crippen LogP contribution in [0.25, 0.3) is 0 Å². The summed E-state index contributed by atoms with van der Waals surface area (Å²) in [7, 11) is 1.87. The first kappa shape index (κ1) is 17.2. The standard InChI is InChI=1S/C16H25N3O2/c1-13-4-6-14(7-5-13)8-9-15(20)19-12-16(21)18-11-3-10-17-2/h4-7,17H,3,8-12H2,1-2H3,(H,18,21)(H,19,20). The average molecular weight is 291 g/mol. The molecule has 1 aromatic carbocycles. The maximum atomic E-state index is 11.7. The van der Waals surface area contributed by atoms with Crippen LogP contribution < -0.4 is 16.0 Å². The highest BCUT2D eigenvalue weighted by molar-refractivity contribution is 5.84. The molecule has 0 spiro atoms. The summed E-state index contributed by atoms with van der Waals surface area (Å²) in [5, 5.41) is 8.40. The zero-order valence-corrected chi connectivity index (χ0v) is 12.9. The van der Waals surface area contributed by atoms with E-state index < -0.39 is 0 Å². The topological polar surface area (TPSA) is 70.2 Å². The quantitative estimate of drug-likeness (QED) is 0.589. The number of amides is 2. The van der Waals surface area contributed by atoms with Gasteiger partial charge in [0, 0.05) is 13.0 Å². The SMILES string of the molecule is CNCCCNC(=O)CNC(=O)CCc1ccc(C)cc1. The van der Waals surface area contributed by atoms with Crippen molar-refractivity contribution in [1.29, 1.82) is 0 Å². The summed E-state index contributed by atoms with van der Waals surface area (Å²) in [6.07, 6.45) is 1.97. The lowest BCUT2D eigenvalue weighted by Crippen LogP contribution is -2.37. The number of nitrogens with one attached hydrogen (secondary N) is 3. The molecule has 0 aliphatic rings. The van der Waals surface area contributed by atoms with Gasteiger partial charge in [0.15, 0.2) is 0 Å². The average Bonchev–Trinajstić information content (AvgIpc) is 2.49. The van der Waals surface area contributed by atoms with Crippen molar-refractivity contribution >= 4 is 11.8 Å². The fourth-order valence-corrected chi connectivity index (χ4v) is 1.84. The van der Waals surface area contributed by atoms with Crippen LogP contribution >= 0.6 is 0 Å². The van der Waals surface area contributed by atoms with Crippen molar-refractivity contribution in [1.82, 2.24) is 16.0 Å². The van der Waals surface area contributed by atoms with Gasteiger partial charge in [-0.1, -0.05) is 29.8 Å². The molecular weight excluding hydrogens is 266 g/mol. The van der Waals surface area contributed by atoms with E-state index in [0.717, 1.165) is 18.5 Å². The molecule has 0 aromatic heterocycles. The molecule has 0 saturated carbocycles. The Balaban J connectivity index is 2.13. The Morgan fingerprint density at radius 2 is 1.71 bits per heavy atom. The van der Waals surface area contributed by atoms with Gasteiger partial charge in [-0.25, -0.2) is 0 Å². The molecular formula is C16H25N3O2. The van der Waals surface area contributed by atoms with Gasteiger partial charge in [-0.3, -0.25) is 9.59 Å². The van der Waals surface area contributed by atoms with E-state index in [1.54, 1.807) is 0 Å². The van der Waals surface area contributed by atoms with Gasteiger partial charge in [-0.2, -0.15) is 0 Å². The number of benzene rings is 1. The maximum Gasteiger partial charge on any atom is 0.239 e. The predicted molar refractivity (Wildman–Crippen MR) is 84.1 cm³/mol. The molecule has 5 nitrogen and oxygen atoms in total. The summed E-state index contributed by atoms with van der Waals surface area (Å²) >= 11 is 0. The first-order chi connectivity index (χ1) is 10.1. The number of carbonyl (C=O) groups excluding carboxylic acids is 2. The summed E-state index contributed by atoms with van der Waals surface area (Å²) in [5.41, 5.74) is 2.34. The van der Waals surface area contributed by atoms with Gasteiger partial charge in [-0.05, 0) is 38.9 Å². The van der Waals surface area contributed by atoms with Crippen molar-refractivity contribution in [2.45, 2.75) is 26.2 Å². The Bertz CT molecular complexity index is 443. The van der Waals surface area contributed by atoms with Crippen LogP contribution in [-0.4, -0.2) is 38.5 Å². The van der Waals surface area contributed by atoms with Crippen molar-refractivity contribution in [2.75, 3.05) is 26.7 Å². The van der Waals surface area contributed by atoms with Crippen LogP contribution in [0, 0.1) is 6.92 Å². The van der Waals surface area contributed by atoms with Crippen LogP contribution in [0.5, 0.6) is 0 Å². The van der Waals surface area contributed by atoms with E-state index in [1.807, 2.05) is 38.2 Å². The van der Waals surface area contributed by atoms with Gasteiger partial charge < -0.3 is 16.0 Å². The Kier molecular flexibility index (Phi) is 8.12. The molecule has 0 bridgehead atoms. The number of hydrogen-bond acceptors (Lipinski definition) is 3. The molecule has 0 fully saturated rings. The second-order valence-electron chi connectivity index (χ2n) is 5.07. The maximum absolute atomic E-state index is 11.7. The summed E-state index contributed by atoms with van der Waals surface area (Å²) in [4.78, 5) is 23.1. The van der Waals surface area contributed by atoms with Gasteiger partial charge in [0.05, 0.1) is 6.54 Å². The van der Waals surface area contributed by atoms with E-state index in [9.17, 15) is 9.59 Å². The molecule has 1 aromatic rings. The molecule has 116 valence electrons. The molecule has 0 aliphatic carbocycles. The lowest BCUT2D eigenvalue weighted by Gasteiger charge is -2.07. The molecule has 0 aliphatic heterocycles. The third-order valence-corrected chi connectivity index (χ3v) is 3.13. The number of rotatable bonds is 9. The van der Waals surface area contributed by atoms with Crippen LogP contribution in [0.2, 0.25) is 0 Å². The summed E-state index contributed by atoms with van der Waals surface area (Å²) in [6, 6.07) is 8.12. The van der Waals surface area contributed by atoms with Gasteiger partial charge in [0.1, 0.15) is 0 Å². The molecule has 0 unspecified atom stereocenters. The number of aryl methyl sites for hydroxylation is 2. The Morgan fingerprint density at radius 3 is 2.38 bits per heavy atom. The first-order valence-electron chi connectivity index (χ1n) is 7.35. The van der Waals surface area contributed by atoms with E-state index in [4.69, 9.17) is 0 Å². The summed E-state index contributed by atoms with van der Waals surface area (Å²) < 4.78 is 0. The minimum Gasteiger partial charge on any atom is -0.355 e. The summed E-state index contributed by atoms with van der Waals surface area (Å²) in [6.45, 7) is 3.57. The highest BCUT2D eigenvalue weighted by Gasteiger charge is 2.05. The van der Waals surface area contributed by atoms with Gasteiger partial charge in [0.25, 0.3) is 0 Å². The molecule has 0 radical (unpaired) electrons. The molecule has 0 heterocycles. The monoisotopic (exact) mass is 291 g/mol. The second kappa shape index (κ2) is 9.94. The molecule has 0 saturated heterocycles. The summed E-state index contributed by atoms with van der Waals surface area (Å²) in [5.74, 6) is -0.240. The second-order valence-corrected chi connectivity index (χ2v) is 5.07. The Morgan fingerprint density at radius 1 is 1.00 bits per heavy atom. The normalized spacial score (nSPS) is 10.2. The fourth-order valence-electron chi connectivity index (χ4n) is 1.84. The molecule has 5 heteroatoms. The zero-order chi connectivity index (χ0) is 15.5. The van der Waals surface area contributed by atoms with Crippen molar-refractivity contribution in [3.8, 4) is 0 Å². The third-order valence-electron chi connectivity index (χ3n) is 3.13. The van der Waals surface area contributed by atoms with Crippen LogP contribution in [0.4, 0.5) is 0 Å². The third kappa shape index (κ3) is 8.09. The van der Waals surface area contributed by atoms with Crippen molar-refractivity contribution in [3.05, 3.63) is 35.4 Å². The smallest absolute Gasteiger partial charge is 0.239 e. The van der Waals surface area contributed by atoms with Gasteiger partial charge >= 0.3 is 0 Å². The van der Waals surface area contributed by atoms with Crippen molar-refractivity contribution < 1.29 is 9.59 Å². The van der Waals surface area contributed by atoms with Crippen LogP contribution in [0.3, 0.4) is 0 Å². The van der Waals surface area contributed by atoms with Gasteiger partial charge in [-0.15, -0.1) is 0 Å². The van der Waals surface area contributed by atoms with Crippen molar-refractivity contribution in [2.24, 2.45) is 0 Å². The van der Waals surface area contributed by atoms with Crippen LogP contribution in [-0.2, 0) is 16.0 Å². The molecule has 3 N–H and O–H groups in total. The number of hydrogen-bond donors (Lipinski definition) is 3. The van der Waals surface area contributed by atoms with E-state index in [0.29, 0.717) is 19.4 Å². The molecule has 2 amide bonds. The van der Waals surface area contributed by atoms with E-state index >= 15 is 0 Å². The highest BCUT2D eigenvalue weighted by atomic mass is 16.2. The molecule has 1 rings (SSSR count). The van der Waals surface area contributed by atoms with Crippen LogP contribution in [0.15, 0.2) is 24.3 Å². The minimum atomic E-state index is -0.144. The van der Waals surface area contributed by atoms with E-state index in [-0.39, 0.29) is 18.4 Å². The Hall–Kier alpha value is -1.88. The van der Waals surface area contributed by atoms with E-state index in [2.05, 4.69) is 16.0 Å². The highest BCUT2D eigenvalue weighted by Crippen LogP contribution is 2.05. The van der Waals surface area contributed by atoms with Crippen LogP contribution in [0.1, 0.15) is 24.0 Å².